The molecule has 0 spiro atoms. The number of benzene rings is 2. The maximum absolute atomic E-state index is 13.4. The average molecular weight is 423 g/mol. The van der Waals surface area contributed by atoms with Gasteiger partial charge in [0.25, 0.3) is 0 Å². The van der Waals surface area contributed by atoms with Crippen molar-refractivity contribution in [2.24, 2.45) is 5.92 Å². The van der Waals surface area contributed by atoms with Gasteiger partial charge in [-0.1, -0.05) is 6.92 Å². The normalized spacial score (nSPS) is 28.2. The number of halogens is 1. The van der Waals surface area contributed by atoms with Gasteiger partial charge in [0.05, 0.1) is 29.6 Å². The molecule has 0 saturated heterocycles. The Kier molecular flexibility index (Phi) is 5.14. The van der Waals surface area contributed by atoms with Gasteiger partial charge < -0.3 is 9.84 Å². The SMILES string of the molecule is CC[C@]12CC[C@](O)(COC)C[C@@H]1CCCc1cc3c(cnn3-c3ccc(F)cc3)cc12. The third-order valence-electron chi connectivity index (χ3n) is 7.89. The largest absolute Gasteiger partial charge is 0.387 e. The fourth-order valence-electron chi connectivity index (χ4n) is 6.32. The number of fused-ring (bicyclic) bond motifs is 4. The zero-order valence-corrected chi connectivity index (χ0v) is 18.4. The fraction of sp³-hybridized carbons (Fsp3) is 0.500. The van der Waals surface area contributed by atoms with Gasteiger partial charge in [0.1, 0.15) is 5.82 Å². The topological polar surface area (TPSA) is 47.3 Å². The van der Waals surface area contributed by atoms with Crippen molar-refractivity contribution in [3.05, 3.63) is 59.5 Å². The van der Waals surface area contributed by atoms with E-state index in [0.717, 1.165) is 61.5 Å². The second-order valence-electron chi connectivity index (χ2n) is 9.56. The van der Waals surface area contributed by atoms with Crippen LogP contribution in [0, 0.1) is 11.7 Å². The van der Waals surface area contributed by atoms with E-state index in [9.17, 15) is 9.50 Å². The standard InChI is InChI=1S/C26H31FN2O2/c1-3-26-12-11-25(30,17-31-2)15-20(26)6-4-5-18-14-24-19(13-23(18)26)16-28-29(24)22-9-7-21(27)8-10-22/h7-10,13-14,16,20,30H,3-6,11-12,15,17H2,1-2H3/t20-,25+,26-/m0/s1. The molecule has 2 aliphatic carbocycles. The fourth-order valence-corrected chi connectivity index (χ4v) is 6.32. The third-order valence-corrected chi connectivity index (χ3v) is 7.89. The van der Waals surface area contributed by atoms with Crippen molar-refractivity contribution in [1.29, 1.82) is 0 Å². The highest BCUT2D eigenvalue weighted by atomic mass is 19.1. The first-order chi connectivity index (χ1) is 15.0. The monoisotopic (exact) mass is 422 g/mol. The Labute approximate surface area is 183 Å². The lowest BCUT2D eigenvalue weighted by atomic mass is 9.57. The molecule has 0 amide bonds. The van der Waals surface area contributed by atoms with Crippen molar-refractivity contribution in [3.8, 4) is 5.69 Å². The Morgan fingerprint density at radius 1 is 1.23 bits per heavy atom. The van der Waals surface area contributed by atoms with Crippen molar-refractivity contribution in [2.75, 3.05) is 13.7 Å². The zero-order valence-electron chi connectivity index (χ0n) is 18.4. The molecule has 1 heterocycles. The number of rotatable bonds is 4. The highest BCUT2D eigenvalue weighted by molar-refractivity contribution is 5.82. The molecule has 0 unspecified atom stereocenters. The number of methoxy groups -OCH3 is 1. The summed E-state index contributed by atoms with van der Waals surface area (Å²) in [6.07, 6.45) is 8.86. The maximum Gasteiger partial charge on any atom is 0.123 e. The summed E-state index contributed by atoms with van der Waals surface area (Å²) in [5.41, 5.74) is 4.18. The van der Waals surface area contributed by atoms with Gasteiger partial charge in [-0.25, -0.2) is 9.07 Å². The Balaban J connectivity index is 1.60. The van der Waals surface area contributed by atoms with Gasteiger partial charge in [-0.3, -0.25) is 0 Å². The molecule has 1 saturated carbocycles. The molecule has 3 aromatic rings. The minimum atomic E-state index is -0.708. The lowest BCUT2D eigenvalue weighted by Gasteiger charge is -2.50. The highest BCUT2D eigenvalue weighted by Crippen LogP contribution is 2.54. The van der Waals surface area contributed by atoms with Crippen LogP contribution in [0.25, 0.3) is 16.6 Å². The van der Waals surface area contributed by atoms with Crippen molar-refractivity contribution in [3.63, 3.8) is 0 Å². The number of ether oxygens (including phenoxy) is 1. The molecule has 5 heteroatoms. The summed E-state index contributed by atoms with van der Waals surface area (Å²) in [6.45, 7) is 2.72. The van der Waals surface area contributed by atoms with Crippen LogP contribution in [0.15, 0.2) is 42.6 Å². The lowest BCUT2D eigenvalue weighted by molar-refractivity contribution is -0.0903. The molecule has 3 atom stereocenters. The number of nitrogens with zero attached hydrogens (tertiary/aromatic N) is 2. The Hall–Kier alpha value is -2.24. The second-order valence-corrected chi connectivity index (χ2v) is 9.56. The summed E-state index contributed by atoms with van der Waals surface area (Å²) < 4.78 is 20.7. The van der Waals surface area contributed by atoms with Crippen LogP contribution < -0.4 is 0 Å². The van der Waals surface area contributed by atoms with Crippen LogP contribution in [0.2, 0.25) is 0 Å². The quantitative estimate of drug-likeness (QED) is 0.618. The summed E-state index contributed by atoms with van der Waals surface area (Å²) >= 11 is 0. The van der Waals surface area contributed by atoms with E-state index in [2.05, 4.69) is 24.2 Å². The summed E-state index contributed by atoms with van der Waals surface area (Å²) in [7, 11) is 1.68. The van der Waals surface area contributed by atoms with Gasteiger partial charge in [0, 0.05) is 12.5 Å². The molecule has 2 aromatic carbocycles. The molecule has 1 fully saturated rings. The van der Waals surface area contributed by atoms with E-state index in [4.69, 9.17) is 4.74 Å². The molecule has 0 radical (unpaired) electrons. The number of aliphatic hydroxyl groups is 1. The van der Waals surface area contributed by atoms with Crippen LogP contribution in [0.1, 0.15) is 56.6 Å². The predicted octanol–water partition coefficient (Wildman–Crippen LogP) is 5.33. The van der Waals surface area contributed by atoms with Crippen LogP contribution >= 0.6 is 0 Å². The first-order valence-corrected chi connectivity index (χ1v) is 11.5. The van der Waals surface area contributed by atoms with E-state index in [1.165, 1.54) is 23.3 Å². The molecule has 1 N–H and O–H groups in total. The molecule has 0 bridgehead atoms. The van der Waals surface area contributed by atoms with Crippen LogP contribution in [-0.4, -0.2) is 34.2 Å². The predicted molar refractivity (Wildman–Crippen MR) is 120 cm³/mol. The van der Waals surface area contributed by atoms with E-state index >= 15 is 0 Å². The summed E-state index contributed by atoms with van der Waals surface area (Å²) in [4.78, 5) is 0. The van der Waals surface area contributed by atoms with E-state index in [1.54, 1.807) is 19.2 Å². The number of aromatic nitrogens is 2. The zero-order chi connectivity index (χ0) is 21.6. The average Bonchev–Trinajstić information content (AvgIpc) is 3.10. The van der Waals surface area contributed by atoms with Gasteiger partial charge in [-0.2, -0.15) is 5.10 Å². The number of hydrogen-bond acceptors (Lipinski definition) is 3. The molecule has 0 aliphatic heterocycles. The first kappa shape index (κ1) is 20.7. The molecule has 4 nitrogen and oxygen atoms in total. The summed E-state index contributed by atoms with van der Waals surface area (Å²) in [5.74, 6) is 0.216. The van der Waals surface area contributed by atoms with Gasteiger partial charge in [0.2, 0.25) is 0 Å². The Bertz CT molecular complexity index is 1090. The second kappa shape index (κ2) is 7.72. The van der Waals surface area contributed by atoms with Crippen molar-refractivity contribution >= 4 is 10.9 Å². The molecule has 5 rings (SSSR count). The van der Waals surface area contributed by atoms with E-state index in [0.29, 0.717) is 12.5 Å². The van der Waals surface area contributed by atoms with Gasteiger partial charge in [0.15, 0.2) is 0 Å². The van der Waals surface area contributed by atoms with Crippen molar-refractivity contribution in [2.45, 2.75) is 62.9 Å². The van der Waals surface area contributed by atoms with Gasteiger partial charge >= 0.3 is 0 Å². The number of aryl methyl sites for hydroxylation is 1. The van der Waals surface area contributed by atoms with Gasteiger partial charge in [-0.15, -0.1) is 0 Å². The van der Waals surface area contributed by atoms with Crippen molar-refractivity contribution in [1.82, 2.24) is 9.78 Å². The van der Waals surface area contributed by atoms with Crippen LogP contribution in [0.3, 0.4) is 0 Å². The highest BCUT2D eigenvalue weighted by Gasteiger charge is 2.49. The summed E-state index contributed by atoms with van der Waals surface area (Å²) in [5, 5.41) is 16.9. The van der Waals surface area contributed by atoms with Crippen LogP contribution in [0.5, 0.6) is 0 Å². The van der Waals surface area contributed by atoms with E-state index < -0.39 is 5.60 Å². The smallest absolute Gasteiger partial charge is 0.123 e. The van der Waals surface area contributed by atoms with Gasteiger partial charge in [-0.05, 0) is 104 Å². The Morgan fingerprint density at radius 3 is 2.77 bits per heavy atom. The first-order valence-electron chi connectivity index (χ1n) is 11.5. The lowest BCUT2D eigenvalue weighted by Crippen LogP contribution is -2.49. The molecule has 2 aliphatic rings. The van der Waals surface area contributed by atoms with Crippen LogP contribution in [-0.2, 0) is 16.6 Å². The van der Waals surface area contributed by atoms with E-state index in [1.807, 2.05) is 10.9 Å². The van der Waals surface area contributed by atoms with Crippen LogP contribution in [0.4, 0.5) is 4.39 Å². The maximum atomic E-state index is 13.4. The molecular formula is C26H31FN2O2. The summed E-state index contributed by atoms with van der Waals surface area (Å²) in [6, 6.07) is 11.2. The molecule has 164 valence electrons. The number of hydrogen-bond donors (Lipinski definition) is 1. The Morgan fingerprint density at radius 2 is 2.03 bits per heavy atom. The van der Waals surface area contributed by atoms with Crippen molar-refractivity contribution < 1.29 is 14.2 Å². The molecule has 31 heavy (non-hydrogen) atoms. The minimum Gasteiger partial charge on any atom is -0.387 e. The third kappa shape index (κ3) is 3.39. The molecule has 1 aromatic heterocycles. The minimum absolute atomic E-state index is 0.0952. The molecular weight excluding hydrogens is 391 g/mol. The van der Waals surface area contributed by atoms with E-state index in [-0.39, 0.29) is 11.2 Å².